The van der Waals surface area contributed by atoms with Crippen LogP contribution in [0.4, 0.5) is 5.69 Å². The van der Waals surface area contributed by atoms with E-state index in [-0.39, 0.29) is 31.2 Å². The Hall–Kier alpha value is -2.70. The first kappa shape index (κ1) is 16.2. The number of rotatable bonds is 4. The number of nitrogens with one attached hydrogen (secondary N) is 2. The normalized spacial score (nSPS) is 19.7. The number of aryl methyl sites for hydroxylation is 1. The summed E-state index contributed by atoms with van der Waals surface area (Å²) in [6, 6.07) is 7.74. The number of hydrogen-bond donors (Lipinski definition) is 2. The second-order valence-electron chi connectivity index (χ2n) is 6.07. The predicted octanol–water partition coefficient (Wildman–Crippen LogP) is 0.135. The van der Waals surface area contributed by atoms with Crippen LogP contribution >= 0.6 is 0 Å². The molecule has 2 heterocycles. The van der Waals surface area contributed by atoms with E-state index in [1.165, 1.54) is 0 Å². The highest BCUT2D eigenvalue weighted by Crippen LogP contribution is 2.26. The Balaban J connectivity index is 1.54. The van der Waals surface area contributed by atoms with Crippen LogP contribution in [-0.4, -0.2) is 36.7 Å². The molecule has 0 spiro atoms. The number of para-hydroxylation sites is 1. The molecule has 0 saturated carbocycles. The number of imide groups is 1. The summed E-state index contributed by atoms with van der Waals surface area (Å²) in [5, 5.41) is 4.72. The van der Waals surface area contributed by atoms with E-state index in [4.69, 9.17) is 0 Å². The number of anilines is 1. The molecular weight excluding hydrogens is 310 g/mol. The van der Waals surface area contributed by atoms with Gasteiger partial charge in [0, 0.05) is 25.1 Å². The predicted molar refractivity (Wildman–Crippen MR) is 86.0 cm³/mol. The lowest BCUT2D eigenvalue weighted by molar-refractivity contribution is -0.129. The first-order valence-corrected chi connectivity index (χ1v) is 8.03. The average molecular weight is 329 g/mol. The molecule has 1 aromatic carbocycles. The summed E-state index contributed by atoms with van der Waals surface area (Å²) in [4.78, 5) is 48.6. The van der Waals surface area contributed by atoms with Gasteiger partial charge in [0.15, 0.2) is 0 Å². The van der Waals surface area contributed by atoms with Crippen LogP contribution in [0.3, 0.4) is 0 Å². The first-order chi connectivity index (χ1) is 11.5. The van der Waals surface area contributed by atoms with Gasteiger partial charge in [-0.2, -0.15) is 0 Å². The molecule has 0 aromatic heterocycles. The van der Waals surface area contributed by atoms with Gasteiger partial charge < -0.3 is 10.2 Å². The summed E-state index contributed by atoms with van der Waals surface area (Å²) >= 11 is 0. The van der Waals surface area contributed by atoms with Crippen molar-refractivity contribution in [1.29, 1.82) is 0 Å². The van der Waals surface area contributed by atoms with Crippen molar-refractivity contribution in [1.82, 2.24) is 10.6 Å². The molecule has 2 aliphatic heterocycles. The van der Waals surface area contributed by atoms with Crippen LogP contribution in [0.25, 0.3) is 0 Å². The van der Waals surface area contributed by atoms with Crippen LogP contribution < -0.4 is 15.5 Å². The molecule has 1 atom stereocenters. The molecule has 1 aromatic rings. The van der Waals surface area contributed by atoms with E-state index in [1.807, 2.05) is 24.3 Å². The van der Waals surface area contributed by atoms with Crippen molar-refractivity contribution in [3.8, 4) is 0 Å². The lowest BCUT2D eigenvalue weighted by Crippen LogP contribution is -2.43. The molecule has 0 radical (unpaired) electrons. The lowest BCUT2D eigenvalue weighted by atomic mass is 10.0. The second-order valence-corrected chi connectivity index (χ2v) is 6.07. The largest absolute Gasteiger partial charge is 0.347 e. The fourth-order valence-corrected chi connectivity index (χ4v) is 3.13. The molecule has 2 aliphatic rings. The molecule has 2 N–H and O–H groups in total. The summed E-state index contributed by atoms with van der Waals surface area (Å²) < 4.78 is 0. The van der Waals surface area contributed by atoms with E-state index >= 15 is 0 Å². The fraction of sp³-hybridized carbons (Fsp3) is 0.412. The van der Waals surface area contributed by atoms with Crippen LogP contribution in [0.1, 0.15) is 24.8 Å². The zero-order valence-electron chi connectivity index (χ0n) is 13.2. The first-order valence-electron chi connectivity index (χ1n) is 8.03. The zero-order valence-corrected chi connectivity index (χ0v) is 13.2. The number of hydrogen-bond acceptors (Lipinski definition) is 4. The number of benzene rings is 1. The maximum Gasteiger partial charge on any atom is 0.246 e. The Labute approximate surface area is 139 Å². The highest BCUT2D eigenvalue weighted by atomic mass is 16.2. The number of carbonyl (C=O) groups is 4. The molecule has 1 saturated heterocycles. The van der Waals surface area contributed by atoms with Gasteiger partial charge in [-0.05, 0) is 24.5 Å². The molecule has 0 aliphatic carbocycles. The quantitative estimate of drug-likeness (QED) is 0.768. The van der Waals surface area contributed by atoms with E-state index < -0.39 is 17.7 Å². The standard InChI is InChI=1S/C17H19N3O4/c21-14(8-12-9-15(22)19-17(12)24)18-10-16(23)20-7-3-5-11-4-1-2-6-13(11)20/h1-2,4,6,12H,3,5,7-10H2,(H,18,21)(H,19,22,24). The van der Waals surface area contributed by atoms with Crippen molar-refractivity contribution >= 4 is 29.3 Å². The van der Waals surface area contributed by atoms with Crippen molar-refractivity contribution in [3.63, 3.8) is 0 Å². The molecule has 0 bridgehead atoms. The summed E-state index contributed by atoms with van der Waals surface area (Å²) in [6.07, 6.45) is 1.78. The third-order valence-corrected chi connectivity index (χ3v) is 4.35. The Morgan fingerprint density at radius 3 is 2.79 bits per heavy atom. The van der Waals surface area contributed by atoms with Crippen LogP contribution in [0.2, 0.25) is 0 Å². The Morgan fingerprint density at radius 2 is 2.04 bits per heavy atom. The number of fused-ring (bicyclic) bond motifs is 1. The van der Waals surface area contributed by atoms with Crippen LogP contribution in [-0.2, 0) is 25.6 Å². The number of amides is 4. The van der Waals surface area contributed by atoms with Gasteiger partial charge in [0.2, 0.25) is 23.6 Å². The Kier molecular flexibility index (Phi) is 4.59. The number of carbonyl (C=O) groups excluding carboxylic acids is 4. The minimum atomic E-state index is -0.636. The van der Waals surface area contributed by atoms with Crippen LogP contribution in [0.15, 0.2) is 24.3 Å². The summed E-state index contributed by atoms with van der Waals surface area (Å²) in [7, 11) is 0. The van der Waals surface area contributed by atoms with Gasteiger partial charge in [0.1, 0.15) is 0 Å². The van der Waals surface area contributed by atoms with E-state index in [9.17, 15) is 19.2 Å². The highest BCUT2D eigenvalue weighted by molar-refractivity contribution is 6.05. The van der Waals surface area contributed by atoms with Gasteiger partial charge in [0.05, 0.1) is 12.5 Å². The SMILES string of the molecule is O=C(CC1CC(=O)NC1=O)NCC(=O)N1CCCc2ccccc21. The van der Waals surface area contributed by atoms with Gasteiger partial charge in [-0.3, -0.25) is 24.5 Å². The average Bonchev–Trinajstić information content (AvgIpc) is 2.89. The van der Waals surface area contributed by atoms with Crippen molar-refractivity contribution in [2.75, 3.05) is 18.0 Å². The van der Waals surface area contributed by atoms with Crippen LogP contribution in [0.5, 0.6) is 0 Å². The molecule has 1 unspecified atom stereocenters. The number of nitrogens with zero attached hydrogens (tertiary/aromatic N) is 1. The molecule has 7 nitrogen and oxygen atoms in total. The van der Waals surface area contributed by atoms with Gasteiger partial charge in [0.25, 0.3) is 0 Å². The summed E-state index contributed by atoms with van der Waals surface area (Å²) in [5.41, 5.74) is 2.02. The maximum atomic E-state index is 12.4. The minimum Gasteiger partial charge on any atom is -0.347 e. The summed E-state index contributed by atoms with van der Waals surface area (Å²) in [5.74, 6) is -2.00. The van der Waals surface area contributed by atoms with E-state index in [2.05, 4.69) is 10.6 Å². The fourth-order valence-electron chi connectivity index (χ4n) is 3.13. The van der Waals surface area contributed by atoms with Gasteiger partial charge >= 0.3 is 0 Å². The van der Waals surface area contributed by atoms with Crippen molar-refractivity contribution < 1.29 is 19.2 Å². The van der Waals surface area contributed by atoms with E-state index in [1.54, 1.807) is 4.90 Å². The van der Waals surface area contributed by atoms with Crippen molar-refractivity contribution in [2.45, 2.75) is 25.7 Å². The van der Waals surface area contributed by atoms with Gasteiger partial charge in [-0.25, -0.2) is 0 Å². The van der Waals surface area contributed by atoms with Gasteiger partial charge in [-0.1, -0.05) is 18.2 Å². The topological polar surface area (TPSA) is 95.6 Å². The van der Waals surface area contributed by atoms with Gasteiger partial charge in [-0.15, -0.1) is 0 Å². The molecule has 126 valence electrons. The molecule has 3 rings (SSSR count). The van der Waals surface area contributed by atoms with E-state index in [0.29, 0.717) is 6.54 Å². The maximum absolute atomic E-state index is 12.4. The summed E-state index contributed by atoms with van der Waals surface area (Å²) in [6.45, 7) is 0.515. The third-order valence-electron chi connectivity index (χ3n) is 4.35. The second kappa shape index (κ2) is 6.82. The molecule has 24 heavy (non-hydrogen) atoms. The minimum absolute atomic E-state index is 0.0275. The molecule has 4 amide bonds. The monoisotopic (exact) mass is 329 g/mol. The van der Waals surface area contributed by atoms with Crippen molar-refractivity contribution in [3.05, 3.63) is 29.8 Å². The zero-order chi connectivity index (χ0) is 17.1. The Bertz CT molecular complexity index is 701. The molecule has 7 heteroatoms. The van der Waals surface area contributed by atoms with Crippen molar-refractivity contribution in [2.24, 2.45) is 5.92 Å². The van der Waals surface area contributed by atoms with E-state index in [0.717, 1.165) is 24.1 Å². The lowest BCUT2D eigenvalue weighted by Gasteiger charge is -2.29. The van der Waals surface area contributed by atoms with Crippen LogP contribution in [0, 0.1) is 5.92 Å². The Morgan fingerprint density at radius 1 is 1.25 bits per heavy atom. The highest BCUT2D eigenvalue weighted by Gasteiger charge is 2.32. The molecular formula is C17H19N3O4. The third kappa shape index (κ3) is 3.45. The smallest absolute Gasteiger partial charge is 0.246 e. The molecule has 1 fully saturated rings.